The summed E-state index contributed by atoms with van der Waals surface area (Å²) in [4.78, 5) is 66.1. The molecule has 4 amide bonds. The number of aromatic nitrogens is 4. The van der Waals surface area contributed by atoms with E-state index in [-0.39, 0.29) is 24.0 Å². The van der Waals surface area contributed by atoms with Crippen molar-refractivity contribution in [2.45, 2.75) is 56.5 Å². The van der Waals surface area contributed by atoms with Crippen LogP contribution >= 0.6 is 0 Å². The lowest BCUT2D eigenvalue weighted by atomic mass is 9.80. The summed E-state index contributed by atoms with van der Waals surface area (Å²) >= 11 is 0. The van der Waals surface area contributed by atoms with Crippen LogP contribution in [0.2, 0.25) is 0 Å². The summed E-state index contributed by atoms with van der Waals surface area (Å²) in [6.45, 7) is 4.76. The first-order valence-corrected chi connectivity index (χ1v) is 17.7. The number of hydrogen-bond donors (Lipinski definition) is 2. The lowest BCUT2D eigenvalue weighted by Crippen LogP contribution is -2.54. The highest BCUT2D eigenvalue weighted by atomic mass is 16.2. The van der Waals surface area contributed by atoms with Crippen LogP contribution in [0.4, 0.5) is 11.4 Å². The van der Waals surface area contributed by atoms with Crippen molar-refractivity contribution >= 4 is 46.0 Å². The Hall–Kier alpha value is -5.17. The molecule has 2 saturated heterocycles. The van der Waals surface area contributed by atoms with Gasteiger partial charge in [0.05, 0.1) is 46.0 Å². The molecule has 13 nitrogen and oxygen atoms in total. The molecule has 13 heteroatoms. The topological polar surface area (TPSA) is 146 Å². The number of carbonyl (C=O) groups excluding carboxylic acids is 4. The van der Waals surface area contributed by atoms with Gasteiger partial charge < -0.3 is 15.1 Å². The zero-order valence-electron chi connectivity index (χ0n) is 28.0. The molecule has 2 aliphatic carbocycles. The molecule has 5 aliphatic rings. The Balaban J connectivity index is 0.860. The van der Waals surface area contributed by atoms with Gasteiger partial charge in [-0.3, -0.25) is 39.1 Å². The zero-order valence-corrected chi connectivity index (χ0v) is 28.0. The second-order valence-corrected chi connectivity index (χ2v) is 14.5. The van der Waals surface area contributed by atoms with Crippen molar-refractivity contribution in [3.63, 3.8) is 0 Å². The molecule has 2 aromatic carbocycles. The van der Waals surface area contributed by atoms with E-state index in [1.165, 1.54) is 0 Å². The first kappa shape index (κ1) is 30.9. The molecule has 0 spiro atoms. The molecular weight excluding hydrogens is 634 g/mol. The van der Waals surface area contributed by atoms with E-state index in [0.29, 0.717) is 17.9 Å². The maximum Gasteiger partial charge on any atom is 0.262 e. The van der Waals surface area contributed by atoms with E-state index in [1.54, 1.807) is 18.2 Å². The maximum atomic E-state index is 13.2. The minimum atomic E-state index is -0.972. The Labute approximate surface area is 289 Å². The highest BCUT2D eigenvalue weighted by molar-refractivity contribution is 6.23. The number of imide groups is 2. The van der Waals surface area contributed by atoms with E-state index in [1.807, 2.05) is 6.20 Å². The minimum Gasteiger partial charge on any atom is -0.385 e. The number of amides is 4. The summed E-state index contributed by atoms with van der Waals surface area (Å²) in [5.74, 6) is -1.10. The van der Waals surface area contributed by atoms with Crippen molar-refractivity contribution in [3.8, 4) is 11.3 Å². The highest BCUT2D eigenvalue weighted by Crippen LogP contribution is 2.46. The van der Waals surface area contributed by atoms with Crippen LogP contribution in [0.1, 0.15) is 76.9 Å². The summed E-state index contributed by atoms with van der Waals surface area (Å²) in [6, 6.07) is 10.7. The molecule has 9 rings (SSSR count). The maximum absolute atomic E-state index is 13.2. The van der Waals surface area contributed by atoms with Crippen molar-refractivity contribution < 1.29 is 19.2 Å². The smallest absolute Gasteiger partial charge is 0.262 e. The molecule has 4 fully saturated rings. The van der Waals surface area contributed by atoms with Crippen molar-refractivity contribution in [2.75, 3.05) is 50.0 Å². The first-order chi connectivity index (χ1) is 24.3. The number of piperazine rings is 1. The van der Waals surface area contributed by atoms with Crippen LogP contribution in [0, 0.1) is 5.92 Å². The Morgan fingerprint density at radius 1 is 0.920 bits per heavy atom. The zero-order chi connectivity index (χ0) is 34.1. The normalized spacial score (nSPS) is 24.1. The van der Waals surface area contributed by atoms with Gasteiger partial charge in [0.15, 0.2) is 0 Å². The third kappa shape index (κ3) is 5.40. The molecule has 0 radical (unpaired) electrons. The molecule has 256 valence electrons. The average molecular weight is 674 g/mol. The van der Waals surface area contributed by atoms with Gasteiger partial charge >= 0.3 is 0 Å². The molecule has 2 aromatic heterocycles. The van der Waals surface area contributed by atoms with E-state index in [9.17, 15) is 19.2 Å². The van der Waals surface area contributed by atoms with Crippen molar-refractivity contribution in [1.82, 2.24) is 34.9 Å². The lowest BCUT2D eigenvalue weighted by Gasteiger charge is -2.35. The van der Waals surface area contributed by atoms with E-state index >= 15 is 0 Å². The fourth-order valence-corrected chi connectivity index (χ4v) is 7.83. The van der Waals surface area contributed by atoms with Crippen LogP contribution in [-0.2, 0) is 9.59 Å². The van der Waals surface area contributed by atoms with Gasteiger partial charge in [-0.25, -0.2) is 4.98 Å². The Kier molecular flexibility index (Phi) is 7.41. The molecule has 1 unspecified atom stereocenters. The van der Waals surface area contributed by atoms with Crippen LogP contribution in [0.5, 0.6) is 0 Å². The van der Waals surface area contributed by atoms with Crippen LogP contribution in [0.15, 0.2) is 48.8 Å². The number of carbonyl (C=O) groups is 4. The SMILES string of the molecule is CN1CCN(c2cccc3nc(-c4cn(C5CC(CNc6ccc7c(c6)C(=O)N(C6CCC(=O)NC6=O)C7=O)C5)nc4C4CC4)cnc23)CC1. The average Bonchev–Trinajstić information content (AvgIpc) is 3.81. The number of likely N-dealkylation sites (N-methyl/N-ethyl adjacent to an activating group) is 1. The van der Waals surface area contributed by atoms with Gasteiger partial charge in [0.2, 0.25) is 11.8 Å². The number of nitrogens with zero attached hydrogens (tertiary/aromatic N) is 7. The predicted molar refractivity (Wildman–Crippen MR) is 186 cm³/mol. The highest BCUT2D eigenvalue weighted by Gasteiger charge is 2.45. The Morgan fingerprint density at radius 3 is 2.50 bits per heavy atom. The van der Waals surface area contributed by atoms with Gasteiger partial charge in [-0.15, -0.1) is 0 Å². The van der Waals surface area contributed by atoms with E-state index in [2.05, 4.69) is 56.6 Å². The largest absolute Gasteiger partial charge is 0.385 e. The molecule has 2 N–H and O–H groups in total. The summed E-state index contributed by atoms with van der Waals surface area (Å²) < 4.78 is 2.13. The molecule has 3 aliphatic heterocycles. The second kappa shape index (κ2) is 12.0. The van der Waals surface area contributed by atoms with E-state index < -0.39 is 29.7 Å². The minimum absolute atomic E-state index is 0.0937. The Morgan fingerprint density at radius 2 is 1.72 bits per heavy atom. The van der Waals surface area contributed by atoms with Gasteiger partial charge in [0.1, 0.15) is 11.6 Å². The van der Waals surface area contributed by atoms with Gasteiger partial charge in [-0.1, -0.05) is 6.07 Å². The first-order valence-electron chi connectivity index (χ1n) is 17.7. The number of benzene rings is 2. The summed E-state index contributed by atoms with van der Waals surface area (Å²) in [5, 5.41) is 10.8. The number of anilines is 2. The van der Waals surface area contributed by atoms with Crippen LogP contribution in [0.25, 0.3) is 22.3 Å². The van der Waals surface area contributed by atoms with Gasteiger partial charge in [0.25, 0.3) is 11.8 Å². The number of piperidine rings is 1. The van der Waals surface area contributed by atoms with Crippen LogP contribution < -0.4 is 15.5 Å². The van der Waals surface area contributed by atoms with E-state index in [4.69, 9.17) is 15.1 Å². The quantitative estimate of drug-likeness (QED) is 0.266. The van der Waals surface area contributed by atoms with Crippen molar-refractivity contribution in [1.29, 1.82) is 0 Å². The number of rotatable bonds is 8. The lowest BCUT2D eigenvalue weighted by molar-refractivity contribution is -0.136. The summed E-state index contributed by atoms with van der Waals surface area (Å²) in [7, 11) is 2.16. The number of para-hydroxylation sites is 1. The molecule has 5 heterocycles. The molecule has 1 atom stereocenters. The predicted octanol–water partition coefficient (Wildman–Crippen LogP) is 3.59. The van der Waals surface area contributed by atoms with Crippen LogP contribution in [0.3, 0.4) is 0 Å². The molecular formula is C37H39N9O4. The van der Waals surface area contributed by atoms with Gasteiger partial charge in [-0.2, -0.15) is 5.10 Å². The fourth-order valence-electron chi connectivity index (χ4n) is 7.83. The number of fused-ring (bicyclic) bond motifs is 2. The number of hydrogen-bond acceptors (Lipinski definition) is 10. The van der Waals surface area contributed by atoms with E-state index in [0.717, 1.165) is 103 Å². The van der Waals surface area contributed by atoms with Crippen molar-refractivity contribution in [3.05, 3.63) is 65.6 Å². The third-order valence-electron chi connectivity index (χ3n) is 11.0. The van der Waals surface area contributed by atoms with Gasteiger partial charge in [-0.05, 0) is 75.4 Å². The standard InChI is InChI=1S/C37H39N9O4/c1-43-11-13-44(14-12-43)30-4-2-3-28-34(30)39-19-29(40-28)27-20-45(42-33(27)22-5-6-22)24-15-21(16-24)18-38-23-7-8-25-26(17-23)37(50)46(36(25)49)31-9-10-32(47)41-35(31)48/h2-4,7-8,17,19-22,24,31,38H,5-6,9-16,18H2,1H3,(H,41,47,48). The monoisotopic (exact) mass is 673 g/mol. The third-order valence-corrected chi connectivity index (χ3v) is 11.0. The number of nitrogens with one attached hydrogen (secondary N) is 2. The summed E-state index contributed by atoms with van der Waals surface area (Å²) in [6.07, 6.45) is 8.56. The summed E-state index contributed by atoms with van der Waals surface area (Å²) in [5.41, 5.74) is 7.39. The molecule has 50 heavy (non-hydrogen) atoms. The fraction of sp³-hybridized carbons (Fsp3) is 0.432. The van der Waals surface area contributed by atoms with Crippen LogP contribution in [-0.4, -0.2) is 99.0 Å². The second-order valence-electron chi connectivity index (χ2n) is 14.5. The Bertz CT molecular complexity index is 2060. The van der Waals surface area contributed by atoms with Crippen molar-refractivity contribution in [2.24, 2.45) is 5.92 Å². The molecule has 0 bridgehead atoms. The molecule has 2 saturated carbocycles. The molecule has 4 aromatic rings. The van der Waals surface area contributed by atoms with Gasteiger partial charge in [0, 0.05) is 62.5 Å².